The molecule has 1 aromatic carbocycles. The first-order valence-electron chi connectivity index (χ1n) is 10.6. The van der Waals surface area contributed by atoms with Crippen LogP contribution in [0.25, 0.3) is 0 Å². The maximum Gasteiger partial charge on any atom is 0.338 e. The van der Waals surface area contributed by atoms with Gasteiger partial charge in [0.2, 0.25) is 10.0 Å². The molecule has 0 spiro atoms. The highest BCUT2D eigenvalue weighted by molar-refractivity contribution is 7.89. The number of ether oxygens (including phenoxy) is 2. The fraction of sp³-hybridized carbons (Fsp3) is 0.600. The van der Waals surface area contributed by atoms with Gasteiger partial charge in [-0.2, -0.15) is 4.31 Å². The second-order valence-corrected chi connectivity index (χ2v) is 9.34. The van der Waals surface area contributed by atoms with Crippen molar-refractivity contribution in [2.24, 2.45) is 0 Å². The zero-order chi connectivity index (χ0) is 22.3. The molecule has 2 aromatic rings. The van der Waals surface area contributed by atoms with E-state index in [4.69, 9.17) is 9.47 Å². The lowest BCUT2D eigenvalue weighted by Crippen LogP contribution is -2.32. The van der Waals surface area contributed by atoms with Gasteiger partial charge < -0.3 is 9.47 Å². The molecule has 11 heteroatoms. The molecule has 31 heavy (non-hydrogen) atoms. The van der Waals surface area contributed by atoms with Crippen LogP contribution < -0.4 is 4.74 Å². The average Bonchev–Trinajstić information content (AvgIpc) is 3.04. The standard InChI is InChI=1S/C20H29N5O5S/c1-3-4-13-25-19(21-22-23-25)15-30-20(26)16-9-10-17(29-2)18(14-16)31(27,28)24-11-7-5-6-8-12-24/h9-10,14H,3-8,11-13,15H2,1-2H3. The van der Waals surface area contributed by atoms with Crippen LogP contribution in [-0.2, 0) is 27.9 Å². The van der Waals surface area contributed by atoms with Gasteiger partial charge in [0.1, 0.15) is 10.6 Å². The maximum absolute atomic E-state index is 13.2. The van der Waals surface area contributed by atoms with Gasteiger partial charge in [-0.15, -0.1) is 5.10 Å². The third kappa shape index (κ3) is 5.59. The number of hydrogen-bond donors (Lipinski definition) is 0. The summed E-state index contributed by atoms with van der Waals surface area (Å²) in [6.07, 6.45) is 5.54. The summed E-state index contributed by atoms with van der Waals surface area (Å²) in [6.45, 7) is 3.51. The first-order chi connectivity index (χ1) is 15.0. The number of carbonyl (C=O) groups excluding carboxylic acids is 1. The molecule has 3 rings (SSSR count). The van der Waals surface area contributed by atoms with E-state index in [9.17, 15) is 13.2 Å². The SMILES string of the molecule is CCCCn1nnnc1COC(=O)c1ccc(OC)c(S(=O)(=O)N2CCCCCC2)c1. The van der Waals surface area contributed by atoms with E-state index >= 15 is 0 Å². The zero-order valence-electron chi connectivity index (χ0n) is 18.0. The van der Waals surface area contributed by atoms with Crippen molar-refractivity contribution < 1.29 is 22.7 Å². The minimum Gasteiger partial charge on any atom is -0.495 e. The molecule has 1 aromatic heterocycles. The number of aryl methyl sites for hydroxylation is 1. The van der Waals surface area contributed by atoms with Crippen LogP contribution in [0.4, 0.5) is 0 Å². The van der Waals surface area contributed by atoms with Crippen molar-refractivity contribution in [3.63, 3.8) is 0 Å². The quantitative estimate of drug-likeness (QED) is 0.534. The number of aromatic nitrogens is 4. The van der Waals surface area contributed by atoms with Crippen LogP contribution in [0.15, 0.2) is 23.1 Å². The van der Waals surface area contributed by atoms with E-state index in [1.807, 2.05) is 0 Å². The highest BCUT2D eigenvalue weighted by Crippen LogP contribution is 2.29. The molecular formula is C20H29N5O5S. The van der Waals surface area contributed by atoms with E-state index in [-0.39, 0.29) is 22.8 Å². The van der Waals surface area contributed by atoms with E-state index in [1.165, 1.54) is 29.6 Å². The van der Waals surface area contributed by atoms with Crippen LogP contribution in [0.2, 0.25) is 0 Å². The van der Waals surface area contributed by atoms with Gasteiger partial charge in [-0.3, -0.25) is 0 Å². The Labute approximate surface area is 182 Å². The molecule has 0 amide bonds. The molecule has 0 aliphatic carbocycles. The molecule has 10 nitrogen and oxygen atoms in total. The van der Waals surface area contributed by atoms with Crippen molar-refractivity contribution in [3.05, 3.63) is 29.6 Å². The number of hydrogen-bond acceptors (Lipinski definition) is 8. The molecule has 1 saturated heterocycles. The summed E-state index contributed by atoms with van der Waals surface area (Å²) in [7, 11) is -2.39. The molecule has 0 N–H and O–H groups in total. The Hall–Kier alpha value is -2.53. The number of methoxy groups -OCH3 is 1. The summed E-state index contributed by atoms with van der Waals surface area (Å²) in [5.41, 5.74) is 0.127. The van der Waals surface area contributed by atoms with Gasteiger partial charge >= 0.3 is 5.97 Å². The average molecular weight is 452 g/mol. The molecule has 0 unspecified atom stereocenters. The van der Waals surface area contributed by atoms with Crippen LogP contribution in [0.5, 0.6) is 5.75 Å². The van der Waals surface area contributed by atoms with Crippen molar-refractivity contribution in [3.8, 4) is 5.75 Å². The van der Waals surface area contributed by atoms with Crippen molar-refractivity contribution in [2.45, 2.75) is 63.5 Å². The fourth-order valence-corrected chi connectivity index (χ4v) is 5.15. The van der Waals surface area contributed by atoms with Crippen LogP contribution in [0.3, 0.4) is 0 Å². The second-order valence-electron chi connectivity index (χ2n) is 7.43. The third-order valence-electron chi connectivity index (χ3n) is 5.24. The number of esters is 1. The Morgan fingerprint density at radius 1 is 1.16 bits per heavy atom. The maximum atomic E-state index is 13.2. The first kappa shape index (κ1) is 23.1. The third-order valence-corrected chi connectivity index (χ3v) is 7.16. The molecule has 1 fully saturated rings. The highest BCUT2D eigenvalue weighted by atomic mass is 32.2. The Morgan fingerprint density at radius 3 is 2.58 bits per heavy atom. The van der Waals surface area contributed by atoms with E-state index in [0.29, 0.717) is 25.5 Å². The van der Waals surface area contributed by atoms with Gasteiger partial charge in [0.15, 0.2) is 12.4 Å². The number of benzene rings is 1. The fourth-order valence-electron chi connectivity index (χ4n) is 3.45. The predicted octanol–water partition coefficient (Wildman–Crippen LogP) is 2.40. The van der Waals surface area contributed by atoms with Crippen LogP contribution in [-0.4, -0.2) is 59.1 Å². The molecule has 0 saturated carbocycles. The van der Waals surface area contributed by atoms with Gasteiger partial charge in [0.05, 0.1) is 12.7 Å². The van der Waals surface area contributed by atoms with Crippen molar-refractivity contribution in [1.82, 2.24) is 24.5 Å². The van der Waals surface area contributed by atoms with Crippen molar-refractivity contribution in [1.29, 1.82) is 0 Å². The predicted molar refractivity (Wildman–Crippen MR) is 112 cm³/mol. The molecule has 1 aliphatic heterocycles. The lowest BCUT2D eigenvalue weighted by atomic mass is 10.2. The lowest BCUT2D eigenvalue weighted by Gasteiger charge is -2.21. The number of unbranched alkanes of at least 4 members (excludes halogenated alkanes) is 1. The summed E-state index contributed by atoms with van der Waals surface area (Å²) in [5.74, 6) is -0.0166. The Balaban J connectivity index is 1.78. The van der Waals surface area contributed by atoms with Crippen molar-refractivity contribution >= 4 is 16.0 Å². The molecule has 0 bridgehead atoms. The minimum atomic E-state index is -3.80. The number of tetrazole rings is 1. The lowest BCUT2D eigenvalue weighted by molar-refractivity contribution is 0.0456. The minimum absolute atomic E-state index is 0.0286. The van der Waals surface area contributed by atoms with Gasteiger partial charge in [0.25, 0.3) is 0 Å². The molecule has 2 heterocycles. The summed E-state index contributed by atoms with van der Waals surface area (Å²) >= 11 is 0. The van der Waals surface area contributed by atoms with Gasteiger partial charge in [0, 0.05) is 19.6 Å². The van der Waals surface area contributed by atoms with E-state index < -0.39 is 16.0 Å². The Kier molecular flexibility index (Phi) is 7.97. The topological polar surface area (TPSA) is 117 Å². The number of nitrogens with zero attached hydrogens (tertiary/aromatic N) is 5. The summed E-state index contributed by atoms with van der Waals surface area (Å²) in [5, 5.41) is 11.4. The first-order valence-corrected chi connectivity index (χ1v) is 12.0. The van der Waals surface area contributed by atoms with Crippen LogP contribution in [0.1, 0.15) is 61.6 Å². The van der Waals surface area contributed by atoms with Gasteiger partial charge in [-0.05, 0) is 47.9 Å². The van der Waals surface area contributed by atoms with Gasteiger partial charge in [-0.1, -0.05) is 26.2 Å². The van der Waals surface area contributed by atoms with E-state index in [2.05, 4.69) is 22.4 Å². The van der Waals surface area contributed by atoms with Gasteiger partial charge in [-0.25, -0.2) is 17.9 Å². The molecule has 1 aliphatic rings. The van der Waals surface area contributed by atoms with Crippen LogP contribution in [0, 0.1) is 0 Å². The zero-order valence-corrected chi connectivity index (χ0v) is 18.8. The molecule has 0 atom stereocenters. The second kappa shape index (κ2) is 10.7. The summed E-state index contributed by atoms with van der Waals surface area (Å²) in [4.78, 5) is 12.6. The molecular weight excluding hydrogens is 422 g/mol. The van der Waals surface area contributed by atoms with E-state index in [0.717, 1.165) is 38.5 Å². The highest BCUT2D eigenvalue weighted by Gasteiger charge is 2.29. The largest absolute Gasteiger partial charge is 0.495 e. The number of carbonyl (C=O) groups is 1. The summed E-state index contributed by atoms with van der Waals surface area (Å²) in [6, 6.07) is 4.29. The monoisotopic (exact) mass is 451 g/mol. The normalized spacial score (nSPS) is 15.4. The molecule has 0 radical (unpaired) electrons. The smallest absolute Gasteiger partial charge is 0.338 e. The van der Waals surface area contributed by atoms with E-state index in [1.54, 1.807) is 4.68 Å². The number of rotatable bonds is 9. The van der Waals surface area contributed by atoms with Crippen LogP contribution >= 0.6 is 0 Å². The number of sulfonamides is 1. The Morgan fingerprint density at radius 2 is 1.90 bits per heavy atom. The summed E-state index contributed by atoms with van der Waals surface area (Å²) < 4.78 is 40.2. The van der Waals surface area contributed by atoms with Crippen molar-refractivity contribution in [2.75, 3.05) is 20.2 Å². The Bertz CT molecular complexity index is 984. The molecule has 170 valence electrons.